The van der Waals surface area contributed by atoms with Crippen molar-refractivity contribution in [3.05, 3.63) is 0 Å². The van der Waals surface area contributed by atoms with Crippen LogP contribution < -0.4 is 0 Å². The summed E-state index contributed by atoms with van der Waals surface area (Å²) in [5.41, 5.74) is 1.81. The minimum Gasteiger partial charge on any atom is -0.396 e. The van der Waals surface area contributed by atoms with E-state index in [0.717, 1.165) is 30.6 Å². The number of carbonyl (C=O) groups is 1. The zero-order valence-corrected chi connectivity index (χ0v) is 22.2. The molecule has 2 nitrogen and oxygen atoms in total. The molecule has 0 spiro atoms. The van der Waals surface area contributed by atoms with Crippen molar-refractivity contribution in [1.29, 1.82) is 0 Å². The van der Waals surface area contributed by atoms with Gasteiger partial charge in [0, 0.05) is 18.9 Å². The van der Waals surface area contributed by atoms with Crippen molar-refractivity contribution in [1.82, 2.24) is 0 Å². The van der Waals surface area contributed by atoms with Crippen molar-refractivity contribution in [3.8, 4) is 0 Å². The standard InChI is InChI=1S/C30H50O2/c1-20-23(32)10-13-28(5)21-9-12-30(7)24-18-25(2,19-31)14-15-26(24,3)16-17-29(30,6)22(21)8-11-27(20,28)4/h20-22,24,31H,8-19H2,1-7H3. The fourth-order valence-corrected chi connectivity index (χ4v) is 11.0. The fourth-order valence-electron chi connectivity index (χ4n) is 11.0. The van der Waals surface area contributed by atoms with Crippen molar-refractivity contribution < 1.29 is 9.90 Å². The van der Waals surface area contributed by atoms with Crippen LogP contribution in [0.15, 0.2) is 0 Å². The van der Waals surface area contributed by atoms with Crippen molar-refractivity contribution in [2.75, 3.05) is 6.61 Å². The molecule has 0 aliphatic heterocycles. The molecule has 5 saturated carbocycles. The molecule has 5 rings (SSSR count). The van der Waals surface area contributed by atoms with Gasteiger partial charge in [-0.05, 0) is 114 Å². The van der Waals surface area contributed by atoms with E-state index in [2.05, 4.69) is 48.5 Å². The highest BCUT2D eigenvalue weighted by atomic mass is 16.3. The summed E-state index contributed by atoms with van der Waals surface area (Å²) in [6, 6.07) is 0. The molecule has 0 aromatic carbocycles. The molecular weight excluding hydrogens is 392 g/mol. The third kappa shape index (κ3) is 2.66. The van der Waals surface area contributed by atoms with Crippen LogP contribution in [0.2, 0.25) is 0 Å². The second-order valence-electron chi connectivity index (χ2n) is 15.0. The Balaban J connectivity index is 1.53. The molecule has 10 atom stereocenters. The lowest BCUT2D eigenvalue weighted by Crippen LogP contribution is -2.67. The molecule has 5 aliphatic carbocycles. The highest BCUT2D eigenvalue weighted by molar-refractivity contribution is 5.82. The molecule has 1 N–H and O–H groups in total. The van der Waals surface area contributed by atoms with Crippen LogP contribution in [-0.2, 0) is 4.79 Å². The van der Waals surface area contributed by atoms with E-state index in [-0.39, 0.29) is 16.7 Å². The molecule has 5 fully saturated rings. The predicted molar refractivity (Wildman–Crippen MR) is 131 cm³/mol. The van der Waals surface area contributed by atoms with Gasteiger partial charge in [-0.15, -0.1) is 0 Å². The van der Waals surface area contributed by atoms with Crippen LogP contribution in [0.25, 0.3) is 0 Å². The molecule has 0 saturated heterocycles. The summed E-state index contributed by atoms with van der Waals surface area (Å²) >= 11 is 0. The van der Waals surface area contributed by atoms with Crippen LogP contribution in [0.4, 0.5) is 0 Å². The first-order valence-electron chi connectivity index (χ1n) is 13.9. The number of aliphatic hydroxyl groups excluding tert-OH is 1. The molecule has 0 heterocycles. The maximum atomic E-state index is 12.8. The Kier molecular flexibility index (Phi) is 5.01. The van der Waals surface area contributed by atoms with E-state index in [0.29, 0.717) is 34.1 Å². The van der Waals surface area contributed by atoms with Gasteiger partial charge in [-0.1, -0.05) is 48.5 Å². The van der Waals surface area contributed by atoms with Crippen LogP contribution in [0.3, 0.4) is 0 Å². The van der Waals surface area contributed by atoms with Crippen LogP contribution >= 0.6 is 0 Å². The van der Waals surface area contributed by atoms with Crippen LogP contribution in [0.5, 0.6) is 0 Å². The molecule has 0 aromatic rings. The molecule has 182 valence electrons. The molecule has 2 heteroatoms. The Labute approximate surface area is 197 Å². The molecule has 0 aromatic heterocycles. The molecule has 32 heavy (non-hydrogen) atoms. The number of hydrogen-bond acceptors (Lipinski definition) is 2. The number of rotatable bonds is 1. The number of hydrogen-bond donors (Lipinski definition) is 1. The summed E-state index contributed by atoms with van der Waals surface area (Å²) < 4.78 is 0. The highest BCUT2D eigenvalue weighted by Gasteiger charge is 2.70. The van der Waals surface area contributed by atoms with E-state index in [4.69, 9.17) is 0 Å². The van der Waals surface area contributed by atoms with Crippen LogP contribution in [-0.4, -0.2) is 17.5 Å². The SMILES string of the molecule is CC1C(=O)CCC2(C)C3CCC4(C)C5CC(C)(CO)CCC5(C)CCC4(C)C3CCC12C. The van der Waals surface area contributed by atoms with Gasteiger partial charge in [0.1, 0.15) is 5.78 Å². The Morgan fingerprint density at radius 1 is 0.750 bits per heavy atom. The van der Waals surface area contributed by atoms with E-state index in [9.17, 15) is 9.90 Å². The lowest BCUT2D eigenvalue weighted by Gasteiger charge is -2.74. The van der Waals surface area contributed by atoms with E-state index >= 15 is 0 Å². The van der Waals surface area contributed by atoms with Gasteiger partial charge in [0.15, 0.2) is 0 Å². The largest absolute Gasteiger partial charge is 0.396 e. The zero-order valence-electron chi connectivity index (χ0n) is 22.2. The summed E-state index contributed by atoms with van der Waals surface area (Å²) in [7, 11) is 0. The maximum Gasteiger partial charge on any atom is 0.136 e. The summed E-state index contributed by atoms with van der Waals surface area (Å²) in [5, 5.41) is 10.3. The Morgan fingerprint density at radius 2 is 1.31 bits per heavy atom. The van der Waals surface area contributed by atoms with Gasteiger partial charge in [-0.2, -0.15) is 0 Å². The Bertz CT molecular complexity index is 805. The van der Waals surface area contributed by atoms with Gasteiger partial charge in [-0.25, -0.2) is 0 Å². The molecule has 0 bridgehead atoms. The number of carbonyl (C=O) groups excluding carboxylic acids is 1. The third-order valence-corrected chi connectivity index (χ3v) is 14.2. The monoisotopic (exact) mass is 442 g/mol. The number of aliphatic hydroxyl groups is 1. The molecular formula is C30H50O2. The van der Waals surface area contributed by atoms with Crippen molar-refractivity contribution in [3.63, 3.8) is 0 Å². The number of fused-ring (bicyclic) bond motifs is 7. The second kappa shape index (κ2) is 6.86. The summed E-state index contributed by atoms with van der Waals surface area (Å²) in [4.78, 5) is 12.8. The van der Waals surface area contributed by atoms with E-state index < -0.39 is 0 Å². The van der Waals surface area contributed by atoms with Crippen molar-refractivity contribution in [2.45, 2.75) is 119 Å². The summed E-state index contributed by atoms with van der Waals surface area (Å²) in [6.07, 6.45) is 13.6. The third-order valence-electron chi connectivity index (χ3n) is 14.2. The zero-order chi connectivity index (χ0) is 23.4. The average molecular weight is 443 g/mol. The number of ketones is 1. The van der Waals surface area contributed by atoms with Gasteiger partial charge in [0.2, 0.25) is 0 Å². The topological polar surface area (TPSA) is 37.3 Å². The van der Waals surface area contributed by atoms with Gasteiger partial charge < -0.3 is 5.11 Å². The van der Waals surface area contributed by atoms with E-state index in [1.54, 1.807) is 0 Å². The quantitative estimate of drug-likeness (QED) is 0.458. The maximum absolute atomic E-state index is 12.8. The molecule has 5 aliphatic rings. The predicted octanol–water partition coefficient (Wildman–Crippen LogP) is 7.43. The first-order chi connectivity index (χ1) is 14.8. The Hall–Kier alpha value is -0.370. The highest BCUT2D eigenvalue weighted by Crippen LogP contribution is 2.77. The molecule has 0 amide bonds. The normalized spacial score (nSPS) is 60.1. The van der Waals surface area contributed by atoms with Gasteiger partial charge in [0.05, 0.1) is 0 Å². The first kappa shape index (κ1) is 23.4. The summed E-state index contributed by atoms with van der Waals surface area (Å²) in [5.74, 6) is 3.04. The fraction of sp³-hybridized carbons (Fsp3) is 0.967. The van der Waals surface area contributed by atoms with Crippen molar-refractivity contribution in [2.24, 2.45) is 56.2 Å². The van der Waals surface area contributed by atoms with Gasteiger partial charge in [-0.3, -0.25) is 4.79 Å². The van der Waals surface area contributed by atoms with E-state index in [1.807, 2.05) is 0 Å². The second-order valence-corrected chi connectivity index (χ2v) is 15.0. The van der Waals surface area contributed by atoms with Crippen LogP contribution in [0, 0.1) is 56.2 Å². The number of Topliss-reactive ketones (excluding diaryl/α,β-unsaturated/α-hetero) is 1. The van der Waals surface area contributed by atoms with Crippen LogP contribution in [0.1, 0.15) is 119 Å². The molecule has 10 unspecified atom stereocenters. The smallest absolute Gasteiger partial charge is 0.136 e. The van der Waals surface area contributed by atoms with E-state index in [1.165, 1.54) is 57.8 Å². The lowest BCUT2D eigenvalue weighted by molar-refractivity contribution is -0.249. The summed E-state index contributed by atoms with van der Waals surface area (Å²) in [6.45, 7) is 18.0. The lowest BCUT2D eigenvalue weighted by atomic mass is 9.31. The molecule has 0 radical (unpaired) electrons. The average Bonchev–Trinajstić information content (AvgIpc) is 2.76. The van der Waals surface area contributed by atoms with Gasteiger partial charge in [0.25, 0.3) is 0 Å². The minimum absolute atomic E-state index is 0.110. The minimum atomic E-state index is 0.110. The Morgan fingerprint density at radius 3 is 1.94 bits per heavy atom. The first-order valence-corrected chi connectivity index (χ1v) is 13.9. The van der Waals surface area contributed by atoms with Gasteiger partial charge >= 0.3 is 0 Å². The van der Waals surface area contributed by atoms with Crippen molar-refractivity contribution >= 4 is 5.78 Å².